The highest BCUT2D eigenvalue weighted by molar-refractivity contribution is 6.01. The minimum Gasteiger partial charge on any atom is -0.496 e. The monoisotopic (exact) mass is 381 g/mol. The Balaban J connectivity index is 1.58. The Morgan fingerprint density at radius 3 is 2.89 bits per heavy atom. The van der Waals surface area contributed by atoms with Gasteiger partial charge in [-0.15, -0.1) is 10.2 Å². The summed E-state index contributed by atoms with van der Waals surface area (Å²) in [5.41, 5.74) is 2.61. The number of hydrogen-bond acceptors (Lipinski definition) is 6. The van der Waals surface area contributed by atoms with Gasteiger partial charge in [-0.1, -0.05) is 22.9 Å². The number of methoxy groups -OCH3 is 1. The third kappa shape index (κ3) is 3.23. The maximum absolute atomic E-state index is 12.3. The van der Waals surface area contributed by atoms with Crippen molar-refractivity contribution in [3.63, 3.8) is 0 Å². The molecule has 9 heteroatoms. The van der Waals surface area contributed by atoms with Gasteiger partial charge in [-0.25, -0.2) is 4.68 Å². The lowest BCUT2D eigenvalue weighted by atomic mass is 9.84. The Kier molecular flexibility index (Phi) is 4.58. The predicted octanol–water partition coefficient (Wildman–Crippen LogP) is 2.27. The van der Waals surface area contributed by atoms with E-state index in [2.05, 4.69) is 51.7 Å². The molecule has 0 saturated carbocycles. The molecule has 0 aliphatic carbocycles. The van der Waals surface area contributed by atoms with Crippen molar-refractivity contribution in [1.82, 2.24) is 29.8 Å². The fourth-order valence-corrected chi connectivity index (χ4v) is 3.78. The first-order valence-corrected chi connectivity index (χ1v) is 9.24. The standard InChI is InChI=1S/C19H23N7O2/c1-11-5-7-16(28-4)14(9-11)13-6-8-17-20-19(23-26(17)12(13)2)21-18(27)15-10-25(3)24-22-15/h5,7,9-10,12-13H,6,8H2,1-4H3,(H,21,23,27). The van der Waals surface area contributed by atoms with Gasteiger partial charge in [0.15, 0.2) is 5.69 Å². The van der Waals surface area contributed by atoms with Crippen molar-refractivity contribution in [3.8, 4) is 5.75 Å². The number of fused-ring (bicyclic) bond motifs is 1. The zero-order chi connectivity index (χ0) is 19.8. The molecule has 1 aliphatic heterocycles. The summed E-state index contributed by atoms with van der Waals surface area (Å²) in [6.07, 6.45) is 3.27. The molecule has 1 aromatic carbocycles. The molecule has 9 nitrogen and oxygen atoms in total. The molecule has 1 N–H and O–H groups in total. The van der Waals surface area contributed by atoms with E-state index in [1.54, 1.807) is 20.4 Å². The smallest absolute Gasteiger partial charge is 0.280 e. The zero-order valence-corrected chi connectivity index (χ0v) is 16.4. The van der Waals surface area contributed by atoms with Crippen molar-refractivity contribution in [2.24, 2.45) is 7.05 Å². The second kappa shape index (κ2) is 7.06. The summed E-state index contributed by atoms with van der Waals surface area (Å²) >= 11 is 0. The van der Waals surface area contributed by atoms with Gasteiger partial charge in [0, 0.05) is 19.4 Å². The lowest BCUT2D eigenvalue weighted by molar-refractivity contribution is 0.102. The molecule has 3 aromatic rings. The van der Waals surface area contributed by atoms with Crippen LogP contribution in [0.2, 0.25) is 0 Å². The number of nitrogens with one attached hydrogen (secondary N) is 1. The molecule has 2 aromatic heterocycles. The van der Waals surface area contributed by atoms with Gasteiger partial charge in [-0.05, 0) is 31.9 Å². The number of hydrogen-bond donors (Lipinski definition) is 1. The second-order valence-corrected chi connectivity index (χ2v) is 7.16. The summed E-state index contributed by atoms with van der Waals surface area (Å²) in [7, 11) is 3.40. The first-order chi connectivity index (χ1) is 13.5. The highest BCUT2D eigenvalue weighted by atomic mass is 16.5. The van der Waals surface area contributed by atoms with E-state index in [-0.39, 0.29) is 29.5 Å². The summed E-state index contributed by atoms with van der Waals surface area (Å²) in [6.45, 7) is 4.20. The summed E-state index contributed by atoms with van der Waals surface area (Å²) in [5, 5.41) is 14.8. The van der Waals surface area contributed by atoms with E-state index in [0.717, 1.165) is 24.4 Å². The van der Waals surface area contributed by atoms with Crippen LogP contribution in [0.15, 0.2) is 24.4 Å². The van der Waals surface area contributed by atoms with E-state index in [0.29, 0.717) is 0 Å². The van der Waals surface area contributed by atoms with Crippen molar-refractivity contribution >= 4 is 11.9 Å². The van der Waals surface area contributed by atoms with E-state index >= 15 is 0 Å². The van der Waals surface area contributed by atoms with Crippen LogP contribution >= 0.6 is 0 Å². The summed E-state index contributed by atoms with van der Waals surface area (Å²) in [5.74, 6) is 1.93. The molecule has 0 radical (unpaired) electrons. The summed E-state index contributed by atoms with van der Waals surface area (Å²) < 4.78 is 8.96. The number of carbonyl (C=O) groups excluding carboxylic acids is 1. The summed E-state index contributed by atoms with van der Waals surface area (Å²) in [4.78, 5) is 16.8. The number of rotatable bonds is 4. The van der Waals surface area contributed by atoms with Crippen LogP contribution in [-0.2, 0) is 13.5 Å². The van der Waals surface area contributed by atoms with Crippen LogP contribution in [0, 0.1) is 6.92 Å². The van der Waals surface area contributed by atoms with Gasteiger partial charge >= 0.3 is 0 Å². The second-order valence-electron chi connectivity index (χ2n) is 7.16. The van der Waals surface area contributed by atoms with Gasteiger partial charge in [0.25, 0.3) is 5.91 Å². The molecule has 2 unspecified atom stereocenters. The Bertz CT molecular complexity index is 1020. The number of carbonyl (C=O) groups is 1. The molecule has 146 valence electrons. The van der Waals surface area contributed by atoms with E-state index in [1.807, 2.05) is 10.7 Å². The maximum atomic E-state index is 12.3. The lowest BCUT2D eigenvalue weighted by Crippen LogP contribution is -2.25. The van der Waals surface area contributed by atoms with Gasteiger partial charge in [-0.3, -0.25) is 14.8 Å². The molecule has 0 bridgehead atoms. The van der Waals surface area contributed by atoms with Crippen LogP contribution in [0.4, 0.5) is 5.95 Å². The largest absolute Gasteiger partial charge is 0.496 e. The van der Waals surface area contributed by atoms with Crippen LogP contribution in [0.1, 0.15) is 52.7 Å². The number of nitrogens with zero attached hydrogens (tertiary/aromatic N) is 6. The van der Waals surface area contributed by atoms with Gasteiger partial charge < -0.3 is 4.74 Å². The number of aryl methyl sites for hydroxylation is 3. The Morgan fingerprint density at radius 2 is 2.18 bits per heavy atom. The van der Waals surface area contributed by atoms with Gasteiger partial charge in [0.2, 0.25) is 5.95 Å². The molecule has 3 heterocycles. The van der Waals surface area contributed by atoms with E-state index in [9.17, 15) is 4.79 Å². The molecule has 1 aliphatic rings. The Morgan fingerprint density at radius 1 is 1.36 bits per heavy atom. The van der Waals surface area contributed by atoms with Crippen molar-refractivity contribution in [3.05, 3.63) is 47.0 Å². The number of amides is 1. The minimum absolute atomic E-state index is 0.0918. The molecular weight excluding hydrogens is 358 g/mol. The molecule has 4 rings (SSSR count). The normalized spacial score (nSPS) is 18.6. The van der Waals surface area contributed by atoms with Gasteiger partial charge in [0.05, 0.1) is 19.3 Å². The quantitative estimate of drug-likeness (QED) is 0.744. The molecule has 28 heavy (non-hydrogen) atoms. The molecule has 0 fully saturated rings. The van der Waals surface area contributed by atoms with Crippen LogP contribution in [-0.4, -0.2) is 42.8 Å². The fraction of sp³-hybridized carbons (Fsp3) is 0.421. The molecule has 1 amide bonds. The lowest BCUT2D eigenvalue weighted by Gasteiger charge is -2.31. The van der Waals surface area contributed by atoms with Gasteiger partial charge in [-0.2, -0.15) is 4.98 Å². The van der Waals surface area contributed by atoms with Crippen molar-refractivity contribution in [2.45, 2.75) is 38.6 Å². The Hall–Kier alpha value is -3.23. The highest BCUT2D eigenvalue weighted by Crippen LogP contribution is 2.41. The number of anilines is 1. The van der Waals surface area contributed by atoms with E-state index in [4.69, 9.17) is 4.74 Å². The van der Waals surface area contributed by atoms with E-state index in [1.165, 1.54) is 15.8 Å². The third-order valence-electron chi connectivity index (χ3n) is 5.19. The number of benzene rings is 1. The number of ether oxygens (including phenoxy) is 1. The molecule has 0 saturated heterocycles. The van der Waals surface area contributed by atoms with Crippen molar-refractivity contribution in [1.29, 1.82) is 0 Å². The van der Waals surface area contributed by atoms with Crippen molar-refractivity contribution in [2.75, 3.05) is 12.4 Å². The predicted molar refractivity (Wildman–Crippen MR) is 102 cm³/mol. The van der Waals surface area contributed by atoms with Crippen LogP contribution in [0.5, 0.6) is 5.75 Å². The fourth-order valence-electron chi connectivity index (χ4n) is 3.78. The van der Waals surface area contributed by atoms with Gasteiger partial charge in [0.1, 0.15) is 11.6 Å². The molecular formula is C19H23N7O2. The minimum atomic E-state index is -0.374. The average molecular weight is 381 g/mol. The van der Waals surface area contributed by atoms with Crippen LogP contribution < -0.4 is 10.1 Å². The highest BCUT2D eigenvalue weighted by Gasteiger charge is 2.32. The zero-order valence-electron chi connectivity index (χ0n) is 16.4. The first-order valence-electron chi connectivity index (χ1n) is 9.24. The third-order valence-corrected chi connectivity index (χ3v) is 5.19. The van der Waals surface area contributed by atoms with Crippen molar-refractivity contribution < 1.29 is 9.53 Å². The maximum Gasteiger partial charge on any atom is 0.280 e. The molecule has 2 atom stereocenters. The first kappa shape index (κ1) is 18.1. The average Bonchev–Trinajstić information content (AvgIpc) is 3.28. The van der Waals surface area contributed by atoms with E-state index < -0.39 is 0 Å². The SMILES string of the molecule is COc1ccc(C)cc1C1CCc2nc(NC(=O)c3cn(C)nn3)nn2C1C. The Labute approximate surface area is 162 Å². The van der Waals surface area contributed by atoms with Crippen LogP contribution in [0.3, 0.4) is 0 Å². The summed E-state index contributed by atoms with van der Waals surface area (Å²) in [6, 6.07) is 6.34. The molecule has 0 spiro atoms. The topological polar surface area (TPSA) is 99.8 Å². The number of aromatic nitrogens is 6. The van der Waals surface area contributed by atoms with Crippen LogP contribution in [0.25, 0.3) is 0 Å².